The van der Waals surface area contributed by atoms with Crippen LogP contribution < -0.4 is 0 Å². The number of hydrogen-bond acceptors (Lipinski definition) is 3. The summed E-state index contributed by atoms with van der Waals surface area (Å²) >= 11 is 0. The lowest BCUT2D eigenvalue weighted by Gasteiger charge is -2.26. The van der Waals surface area contributed by atoms with Gasteiger partial charge in [-0.25, -0.2) is 0 Å². The molecule has 0 fully saturated rings. The van der Waals surface area contributed by atoms with E-state index in [9.17, 15) is 4.79 Å². The quantitative estimate of drug-likeness (QED) is 0.682. The summed E-state index contributed by atoms with van der Waals surface area (Å²) in [7, 11) is 0. The van der Waals surface area contributed by atoms with Crippen LogP contribution in [-0.4, -0.2) is 53.6 Å². The van der Waals surface area contributed by atoms with Crippen LogP contribution in [0.3, 0.4) is 0 Å². The van der Waals surface area contributed by atoms with Gasteiger partial charge in [-0.2, -0.15) is 0 Å². The largest absolute Gasteiger partial charge is 0.480 e. The summed E-state index contributed by atoms with van der Waals surface area (Å²) in [6, 6.07) is 8.65. The molecule has 0 aliphatic rings. The van der Waals surface area contributed by atoms with E-state index in [4.69, 9.17) is 5.11 Å². The van der Waals surface area contributed by atoms with Gasteiger partial charge >= 0.3 is 5.97 Å². The summed E-state index contributed by atoms with van der Waals surface area (Å²) < 4.78 is 0. The Bertz CT molecular complexity index is 431. The smallest absolute Gasteiger partial charge is 0.317 e. The van der Waals surface area contributed by atoms with Gasteiger partial charge in [0.1, 0.15) is 0 Å². The fourth-order valence-corrected chi connectivity index (χ4v) is 2.60. The molecule has 0 bridgehead atoms. The molecule has 0 radical (unpaired) electrons. The number of benzene rings is 1. The van der Waals surface area contributed by atoms with Crippen molar-refractivity contribution < 1.29 is 9.90 Å². The maximum atomic E-state index is 10.9. The minimum Gasteiger partial charge on any atom is -0.480 e. The molecular formula is C18H30N2O2. The Morgan fingerprint density at radius 3 is 2.05 bits per heavy atom. The van der Waals surface area contributed by atoms with E-state index in [2.05, 4.69) is 49.9 Å². The third kappa shape index (κ3) is 7.57. The van der Waals surface area contributed by atoms with E-state index in [0.717, 1.165) is 45.6 Å². The molecule has 1 aromatic rings. The molecule has 0 aromatic heterocycles. The van der Waals surface area contributed by atoms with Crippen LogP contribution in [0.15, 0.2) is 24.3 Å². The van der Waals surface area contributed by atoms with Gasteiger partial charge in [0.15, 0.2) is 0 Å². The summed E-state index contributed by atoms with van der Waals surface area (Å²) in [5.41, 5.74) is 2.60. The lowest BCUT2D eigenvalue weighted by atomic mass is 10.1. The first-order chi connectivity index (χ1) is 10.5. The number of aryl methyl sites for hydroxylation is 1. The molecule has 0 unspecified atom stereocenters. The fraction of sp³-hybridized carbons (Fsp3) is 0.611. The van der Waals surface area contributed by atoms with Crippen LogP contribution >= 0.6 is 0 Å². The Labute approximate surface area is 134 Å². The highest BCUT2D eigenvalue weighted by atomic mass is 16.4. The van der Waals surface area contributed by atoms with Crippen molar-refractivity contribution in [2.75, 3.05) is 32.7 Å². The highest BCUT2D eigenvalue weighted by molar-refractivity contribution is 5.69. The maximum Gasteiger partial charge on any atom is 0.317 e. The SMILES string of the molecule is CCCN(CCN(CCC)Cc1ccc(C)cc1)CC(=O)O. The lowest BCUT2D eigenvalue weighted by molar-refractivity contribution is -0.138. The van der Waals surface area contributed by atoms with Crippen LogP contribution in [0.1, 0.15) is 37.8 Å². The second-order valence-electron chi connectivity index (χ2n) is 5.93. The van der Waals surface area contributed by atoms with Crippen LogP contribution in [0.25, 0.3) is 0 Å². The first-order valence-electron chi connectivity index (χ1n) is 8.27. The lowest BCUT2D eigenvalue weighted by Crippen LogP contribution is -2.38. The van der Waals surface area contributed by atoms with Gasteiger partial charge in [0.2, 0.25) is 0 Å². The molecular weight excluding hydrogens is 276 g/mol. The van der Waals surface area contributed by atoms with E-state index >= 15 is 0 Å². The molecule has 1 N–H and O–H groups in total. The minimum atomic E-state index is -0.742. The second kappa shape index (κ2) is 10.4. The molecule has 0 spiro atoms. The second-order valence-corrected chi connectivity index (χ2v) is 5.93. The zero-order chi connectivity index (χ0) is 16.4. The normalized spacial score (nSPS) is 11.3. The zero-order valence-corrected chi connectivity index (χ0v) is 14.2. The van der Waals surface area contributed by atoms with E-state index in [1.165, 1.54) is 11.1 Å². The molecule has 0 atom stereocenters. The van der Waals surface area contributed by atoms with Crippen molar-refractivity contribution in [3.05, 3.63) is 35.4 Å². The highest BCUT2D eigenvalue weighted by Crippen LogP contribution is 2.08. The molecule has 22 heavy (non-hydrogen) atoms. The molecule has 0 aliphatic carbocycles. The third-order valence-corrected chi connectivity index (χ3v) is 3.70. The van der Waals surface area contributed by atoms with E-state index in [1.807, 2.05) is 4.90 Å². The van der Waals surface area contributed by atoms with Gasteiger partial charge in [-0.1, -0.05) is 43.7 Å². The van der Waals surface area contributed by atoms with Crippen LogP contribution in [0.4, 0.5) is 0 Å². The monoisotopic (exact) mass is 306 g/mol. The van der Waals surface area contributed by atoms with E-state index in [1.54, 1.807) is 0 Å². The van der Waals surface area contributed by atoms with Gasteiger partial charge in [0, 0.05) is 19.6 Å². The zero-order valence-electron chi connectivity index (χ0n) is 14.2. The van der Waals surface area contributed by atoms with Gasteiger partial charge < -0.3 is 5.11 Å². The van der Waals surface area contributed by atoms with Crippen molar-refractivity contribution in [1.82, 2.24) is 9.80 Å². The van der Waals surface area contributed by atoms with Crippen molar-refractivity contribution in [1.29, 1.82) is 0 Å². The number of rotatable bonds is 11. The van der Waals surface area contributed by atoms with E-state index in [0.29, 0.717) is 0 Å². The van der Waals surface area contributed by atoms with Crippen molar-refractivity contribution >= 4 is 5.97 Å². The molecule has 0 saturated heterocycles. The molecule has 0 amide bonds. The molecule has 4 nitrogen and oxygen atoms in total. The predicted molar refractivity (Wildman–Crippen MR) is 91.1 cm³/mol. The van der Waals surface area contributed by atoms with Crippen molar-refractivity contribution in [3.8, 4) is 0 Å². The average Bonchev–Trinajstić information content (AvgIpc) is 2.47. The first-order valence-corrected chi connectivity index (χ1v) is 8.27. The summed E-state index contributed by atoms with van der Waals surface area (Å²) in [4.78, 5) is 15.4. The summed E-state index contributed by atoms with van der Waals surface area (Å²) in [6.07, 6.45) is 2.09. The number of carbonyl (C=O) groups is 1. The Kier molecular flexibility index (Phi) is 8.78. The third-order valence-electron chi connectivity index (χ3n) is 3.70. The van der Waals surface area contributed by atoms with Crippen molar-refractivity contribution in [2.45, 2.75) is 40.2 Å². The van der Waals surface area contributed by atoms with Gasteiger partial charge in [-0.15, -0.1) is 0 Å². The molecule has 0 saturated carbocycles. The van der Waals surface area contributed by atoms with Gasteiger partial charge in [0.05, 0.1) is 6.54 Å². The average molecular weight is 306 g/mol. The molecule has 1 aromatic carbocycles. The topological polar surface area (TPSA) is 43.8 Å². The summed E-state index contributed by atoms with van der Waals surface area (Å²) in [5, 5.41) is 8.99. The summed E-state index contributed by atoms with van der Waals surface area (Å²) in [5.74, 6) is -0.742. The van der Waals surface area contributed by atoms with Crippen LogP contribution in [0.5, 0.6) is 0 Å². The Morgan fingerprint density at radius 1 is 0.955 bits per heavy atom. The van der Waals surface area contributed by atoms with Gasteiger partial charge in [-0.3, -0.25) is 14.6 Å². The van der Waals surface area contributed by atoms with E-state index in [-0.39, 0.29) is 6.54 Å². The molecule has 4 heteroatoms. The number of aliphatic carboxylic acids is 1. The Morgan fingerprint density at radius 2 is 1.50 bits per heavy atom. The molecule has 1 rings (SSSR count). The predicted octanol–water partition coefficient (Wildman–Crippen LogP) is 3.00. The first kappa shape index (κ1) is 18.7. The van der Waals surface area contributed by atoms with E-state index < -0.39 is 5.97 Å². The van der Waals surface area contributed by atoms with Gasteiger partial charge in [-0.05, 0) is 38.4 Å². The molecule has 0 heterocycles. The fourth-order valence-electron chi connectivity index (χ4n) is 2.60. The number of nitrogens with zero attached hydrogens (tertiary/aromatic N) is 2. The summed E-state index contributed by atoms with van der Waals surface area (Å²) in [6.45, 7) is 11.1. The number of carboxylic acid groups (broad SMARTS) is 1. The minimum absolute atomic E-state index is 0.137. The highest BCUT2D eigenvalue weighted by Gasteiger charge is 2.11. The van der Waals surface area contributed by atoms with Gasteiger partial charge in [0.25, 0.3) is 0 Å². The van der Waals surface area contributed by atoms with Crippen molar-refractivity contribution in [2.24, 2.45) is 0 Å². The van der Waals surface area contributed by atoms with Crippen LogP contribution in [0.2, 0.25) is 0 Å². The Balaban J connectivity index is 2.54. The van der Waals surface area contributed by atoms with Crippen molar-refractivity contribution in [3.63, 3.8) is 0 Å². The standard InChI is InChI=1S/C18H30N2O2/c1-4-10-19(14-17-8-6-16(3)7-9-17)12-13-20(11-5-2)15-18(21)22/h6-9H,4-5,10-15H2,1-3H3,(H,21,22). The molecule has 124 valence electrons. The maximum absolute atomic E-state index is 10.9. The van der Waals surface area contributed by atoms with Crippen LogP contribution in [0, 0.1) is 6.92 Å². The van der Waals surface area contributed by atoms with Crippen LogP contribution in [-0.2, 0) is 11.3 Å². The number of carboxylic acids is 1. The molecule has 0 aliphatic heterocycles. The number of hydrogen-bond donors (Lipinski definition) is 1. The Hall–Kier alpha value is -1.39.